The molecular formula is C17H20N4O2. The topological polar surface area (TPSA) is 72.1 Å². The van der Waals surface area contributed by atoms with Gasteiger partial charge < -0.3 is 9.32 Å². The average molecular weight is 312 g/mol. The van der Waals surface area contributed by atoms with Crippen molar-refractivity contribution in [1.29, 1.82) is 0 Å². The van der Waals surface area contributed by atoms with Crippen molar-refractivity contribution in [2.24, 2.45) is 5.92 Å². The summed E-state index contributed by atoms with van der Waals surface area (Å²) in [5.74, 6) is 1.49. The summed E-state index contributed by atoms with van der Waals surface area (Å²) in [6.45, 7) is 0.796. The number of carbonyl (C=O) groups excluding carboxylic acids is 1. The highest BCUT2D eigenvalue weighted by molar-refractivity contribution is 5.80. The van der Waals surface area contributed by atoms with Crippen LogP contribution in [0.2, 0.25) is 0 Å². The zero-order valence-corrected chi connectivity index (χ0v) is 13.0. The van der Waals surface area contributed by atoms with Gasteiger partial charge in [0.1, 0.15) is 6.04 Å². The number of pyridine rings is 1. The van der Waals surface area contributed by atoms with Crippen molar-refractivity contribution in [2.75, 3.05) is 6.54 Å². The summed E-state index contributed by atoms with van der Waals surface area (Å²) in [6.07, 6.45) is 9.66. The van der Waals surface area contributed by atoms with E-state index in [0.717, 1.165) is 44.2 Å². The second kappa shape index (κ2) is 6.10. The molecule has 0 radical (unpaired) electrons. The van der Waals surface area contributed by atoms with Gasteiger partial charge in [-0.15, -0.1) is 10.2 Å². The van der Waals surface area contributed by atoms with Gasteiger partial charge in [0.05, 0.1) is 5.56 Å². The monoisotopic (exact) mass is 312 g/mol. The third-order valence-electron chi connectivity index (χ3n) is 4.87. The van der Waals surface area contributed by atoms with Crippen LogP contribution in [0.25, 0.3) is 11.5 Å². The molecule has 0 aromatic carbocycles. The summed E-state index contributed by atoms with van der Waals surface area (Å²) in [7, 11) is 0. The third-order valence-corrected chi connectivity index (χ3v) is 4.87. The maximum absolute atomic E-state index is 12.7. The van der Waals surface area contributed by atoms with Gasteiger partial charge >= 0.3 is 0 Å². The molecule has 1 unspecified atom stereocenters. The van der Waals surface area contributed by atoms with Crippen molar-refractivity contribution in [1.82, 2.24) is 20.1 Å². The maximum atomic E-state index is 12.7. The molecule has 1 saturated heterocycles. The van der Waals surface area contributed by atoms with Crippen LogP contribution < -0.4 is 0 Å². The van der Waals surface area contributed by atoms with E-state index in [-0.39, 0.29) is 17.9 Å². The molecule has 2 aromatic rings. The van der Waals surface area contributed by atoms with E-state index in [0.29, 0.717) is 11.8 Å². The Morgan fingerprint density at radius 3 is 2.83 bits per heavy atom. The van der Waals surface area contributed by atoms with Crippen LogP contribution in [0.5, 0.6) is 0 Å². The fourth-order valence-electron chi connectivity index (χ4n) is 3.32. The van der Waals surface area contributed by atoms with E-state index in [1.54, 1.807) is 12.4 Å². The van der Waals surface area contributed by atoms with Crippen LogP contribution in [0.1, 0.15) is 50.5 Å². The van der Waals surface area contributed by atoms with E-state index < -0.39 is 0 Å². The first-order chi connectivity index (χ1) is 11.3. The van der Waals surface area contributed by atoms with Gasteiger partial charge in [-0.2, -0.15) is 0 Å². The summed E-state index contributed by atoms with van der Waals surface area (Å²) in [5.41, 5.74) is 0.805. The van der Waals surface area contributed by atoms with Gasteiger partial charge in [-0.05, 0) is 44.2 Å². The first-order valence-electron chi connectivity index (χ1n) is 8.37. The van der Waals surface area contributed by atoms with Crippen molar-refractivity contribution >= 4 is 5.91 Å². The number of hydrogen-bond donors (Lipinski definition) is 0. The fraction of sp³-hybridized carbons (Fsp3) is 0.529. The molecule has 6 heteroatoms. The third kappa shape index (κ3) is 2.73. The Morgan fingerprint density at radius 2 is 2.09 bits per heavy atom. The first kappa shape index (κ1) is 14.4. The minimum atomic E-state index is -0.0743. The SMILES string of the molecule is O=C(C1CCC1)N1CCCCC1c1nnc(-c2cccnc2)o1. The molecule has 4 rings (SSSR count). The number of rotatable bonds is 3. The Morgan fingerprint density at radius 1 is 1.17 bits per heavy atom. The molecule has 0 N–H and O–H groups in total. The highest BCUT2D eigenvalue weighted by Gasteiger charge is 2.37. The highest BCUT2D eigenvalue weighted by Crippen LogP contribution is 2.36. The predicted molar refractivity (Wildman–Crippen MR) is 83.2 cm³/mol. The van der Waals surface area contributed by atoms with Gasteiger partial charge in [0.15, 0.2) is 0 Å². The molecule has 1 amide bonds. The van der Waals surface area contributed by atoms with Crippen molar-refractivity contribution in [3.8, 4) is 11.5 Å². The lowest BCUT2D eigenvalue weighted by atomic mass is 9.83. The lowest BCUT2D eigenvalue weighted by Crippen LogP contribution is -2.43. The molecule has 6 nitrogen and oxygen atoms in total. The summed E-state index contributed by atoms with van der Waals surface area (Å²) in [6, 6.07) is 3.66. The van der Waals surface area contributed by atoms with Crippen LogP contribution in [-0.2, 0) is 4.79 Å². The molecule has 120 valence electrons. The average Bonchev–Trinajstić information content (AvgIpc) is 3.04. The summed E-state index contributed by atoms with van der Waals surface area (Å²) in [4.78, 5) is 18.7. The Kier molecular flexibility index (Phi) is 3.81. The number of carbonyl (C=O) groups is 1. The van der Waals surface area contributed by atoms with Gasteiger partial charge in [-0.1, -0.05) is 6.42 Å². The van der Waals surface area contributed by atoms with Gasteiger partial charge in [-0.25, -0.2) is 0 Å². The fourth-order valence-corrected chi connectivity index (χ4v) is 3.32. The Hall–Kier alpha value is -2.24. The Balaban J connectivity index is 1.57. The number of hydrogen-bond acceptors (Lipinski definition) is 5. The molecule has 1 aliphatic heterocycles. The van der Waals surface area contributed by atoms with E-state index in [1.165, 1.54) is 6.42 Å². The molecule has 1 atom stereocenters. The van der Waals surface area contributed by atoms with Crippen LogP contribution in [0.15, 0.2) is 28.9 Å². The molecule has 2 aliphatic rings. The van der Waals surface area contributed by atoms with Gasteiger partial charge in [0.25, 0.3) is 0 Å². The maximum Gasteiger partial charge on any atom is 0.249 e. The van der Waals surface area contributed by atoms with E-state index in [4.69, 9.17) is 4.42 Å². The number of likely N-dealkylation sites (tertiary alicyclic amines) is 1. The second-order valence-electron chi connectivity index (χ2n) is 6.36. The van der Waals surface area contributed by atoms with E-state index >= 15 is 0 Å². The van der Waals surface area contributed by atoms with Crippen LogP contribution in [0.3, 0.4) is 0 Å². The lowest BCUT2D eigenvalue weighted by molar-refractivity contribution is -0.142. The predicted octanol–water partition coefficient (Wildman–Crippen LogP) is 2.99. The van der Waals surface area contributed by atoms with Gasteiger partial charge in [0.2, 0.25) is 17.7 Å². The summed E-state index contributed by atoms with van der Waals surface area (Å²) < 4.78 is 5.86. The molecule has 23 heavy (non-hydrogen) atoms. The van der Waals surface area contributed by atoms with Gasteiger partial charge in [-0.3, -0.25) is 9.78 Å². The van der Waals surface area contributed by atoms with Crippen molar-refractivity contribution in [3.63, 3.8) is 0 Å². The zero-order chi connectivity index (χ0) is 15.6. The number of amides is 1. The molecule has 1 saturated carbocycles. The smallest absolute Gasteiger partial charge is 0.249 e. The summed E-state index contributed by atoms with van der Waals surface area (Å²) in [5, 5.41) is 8.35. The van der Waals surface area contributed by atoms with Crippen LogP contribution in [-0.4, -0.2) is 32.5 Å². The lowest BCUT2D eigenvalue weighted by Gasteiger charge is -2.38. The summed E-state index contributed by atoms with van der Waals surface area (Å²) >= 11 is 0. The van der Waals surface area contributed by atoms with Crippen LogP contribution in [0.4, 0.5) is 0 Å². The second-order valence-corrected chi connectivity index (χ2v) is 6.36. The molecule has 2 fully saturated rings. The quantitative estimate of drug-likeness (QED) is 0.871. The van der Waals surface area contributed by atoms with Crippen LogP contribution >= 0.6 is 0 Å². The number of piperidine rings is 1. The highest BCUT2D eigenvalue weighted by atomic mass is 16.4. The zero-order valence-electron chi connectivity index (χ0n) is 13.0. The number of aromatic nitrogens is 3. The van der Waals surface area contributed by atoms with Gasteiger partial charge in [0, 0.05) is 24.9 Å². The molecule has 0 spiro atoms. The largest absolute Gasteiger partial charge is 0.418 e. The minimum absolute atomic E-state index is 0.0743. The Labute approximate surface area is 134 Å². The molecule has 0 bridgehead atoms. The van der Waals surface area contributed by atoms with Crippen LogP contribution in [0, 0.1) is 5.92 Å². The standard InChI is InChI=1S/C17H20N4O2/c22-17(12-5-3-6-12)21-10-2-1-8-14(21)16-20-19-15(23-16)13-7-4-9-18-11-13/h4,7,9,11-12,14H,1-3,5-6,8,10H2. The molecule has 1 aliphatic carbocycles. The minimum Gasteiger partial charge on any atom is -0.418 e. The van der Waals surface area contributed by atoms with Crippen molar-refractivity contribution in [2.45, 2.75) is 44.6 Å². The van der Waals surface area contributed by atoms with E-state index in [2.05, 4.69) is 15.2 Å². The Bertz CT molecular complexity index is 681. The van der Waals surface area contributed by atoms with Crippen molar-refractivity contribution < 1.29 is 9.21 Å². The number of nitrogens with zero attached hydrogens (tertiary/aromatic N) is 4. The van der Waals surface area contributed by atoms with E-state index in [1.807, 2.05) is 17.0 Å². The van der Waals surface area contributed by atoms with Crippen molar-refractivity contribution in [3.05, 3.63) is 30.4 Å². The first-order valence-corrected chi connectivity index (χ1v) is 8.37. The normalized spacial score (nSPS) is 21.9. The molecule has 2 aromatic heterocycles. The van der Waals surface area contributed by atoms with E-state index in [9.17, 15) is 4.79 Å². The molecule has 3 heterocycles. The molecular weight excluding hydrogens is 292 g/mol.